The third-order valence-corrected chi connectivity index (χ3v) is 4.18. The average Bonchev–Trinajstić information content (AvgIpc) is 2.85. The van der Waals surface area contributed by atoms with E-state index in [1.165, 1.54) is 6.07 Å². The molecule has 0 aliphatic carbocycles. The van der Waals surface area contributed by atoms with Crippen molar-refractivity contribution in [1.82, 2.24) is 0 Å². The first-order chi connectivity index (χ1) is 10.1. The van der Waals surface area contributed by atoms with Crippen LogP contribution in [0.1, 0.15) is 17.2 Å². The Bertz CT molecular complexity index is 697. The van der Waals surface area contributed by atoms with Crippen LogP contribution in [-0.4, -0.2) is 12.5 Å². The summed E-state index contributed by atoms with van der Waals surface area (Å²) in [7, 11) is 0. The van der Waals surface area contributed by atoms with Gasteiger partial charge in [-0.1, -0.05) is 28.1 Å². The highest BCUT2D eigenvalue weighted by Crippen LogP contribution is 2.32. The van der Waals surface area contributed by atoms with Gasteiger partial charge in [0.1, 0.15) is 5.82 Å². The van der Waals surface area contributed by atoms with Gasteiger partial charge >= 0.3 is 0 Å². The topological polar surface area (TPSA) is 41.6 Å². The summed E-state index contributed by atoms with van der Waals surface area (Å²) in [5.74, 6) is 0.296. The number of aryl methyl sites for hydroxylation is 1. The van der Waals surface area contributed by atoms with Crippen molar-refractivity contribution in [1.29, 1.82) is 0 Å². The maximum Gasteiger partial charge on any atom is 0.196 e. The van der Waals surface area contributed by atoms with Crippen molar-refractivity contribution in [2.75, 3.05) is 11.4 Å². The van der Waals surface area contributed by atoms with Gasteiger partial charge < -0.3 is 10.6 Å². The van der Waals surface area contributed by atoms with Gasteiger partial charge in [-0.25, -0.2) is 4.39 Å². The van der Waals surface area contributed by atoms with E-state index < -0.39 is 0 Å². The maximum absolute atomic E-state index is 13.5. The SMILES string of the molecule is Cc1cc(C2CN=C(N)N2c2ccc(Br)cc2)ccc1F. The Morgan fingerprint density at radius 2 is 1.95 bits per heavy atom. The molecule has 1 atom stereocenters. The second kappa shape index (κ2) is 5.48. The summed E-state index contributed by atoms with van der Waals surface area (Å²) in [4.78, 5) is 6.33. The smallest absolute Gasteiger partial charge is 0.196 e. The normalized spacial score (nSPS) is 18.0. The zero-order chi connectivity index (χ0) is 15.0. The molecule has 21 heavy (non-hydrogen) atoms. The van der Waals surface area contributed by atoms with Gasteiger partial charge in [-0.2, -0.15) is 0 Å². The zero-order valence-electron chi connectivity index (χ0n) is 11.6. The first-order valence-corrected chi connectivity index (χ1v) is 7.46. The Balaban J connectivity index is 1.98. The van der Waals surface area contributed by atoms with Crippen LogP contribution in [0.2, 0.25) is 0 Å². The quantitative estimate of drug-likeness (QED) is 0.898. The van der Waals surface area contributed by atoms with Gasteiger partial charge in [0.15, 0.2) is 5.96 Å². The molecule has 2 N–H and O–H groups in total. The zero-order valence-corrected chi connectivity index (χ0v) is 13.1. The Morgan fingerprint density at radius 3 is 2.62 bits per heavy atom. The number of guanidine groups is 1. The summed E-state index contributed by atoms with van der Waals surface area (Å²) in [6, 6.07) is 13.1. The van der Waals surface area contributed by atoms with Crippen molar-refractivity contribution in [3.63, 3.8) is 0 Å². The molecular formula is C16H15BrFN3. The number of anilines is 1. The molecule has 3 rings (SSSR count). The summed E-state index contributed by atoms with van der Waals surface area (Å²) in [6.07, 6.45) is 0. The van der Waals surface area contributed by atoms with Crippen LogP contribution >= 0.6 is 15.9 Å². The number of nitrogens with zero attached hydrogens (tertiary/aromatic N) is 2. The third kappa shape index (κ3) is 2.65. The van der Waals surface area contributed by atoms with E-state index in [1.807, 2.05) is 35.2 Å². The lowest BCUT2D eigenvalue weighted by atomic mass is 10.0. The third-order valence-electron chi connectivity index (χ3n) is 3.66. The van der Waals surface area contributed by atoms with Crippen LogP contribution in [-0.2, 0) is 0 Å². The molecule has 1 aliphatic heterocycles. The number of hydrogen-bond donors (Lipinski definition) is 1. The molecule has 5 heteroatoms. The van der Waals surface area contributed by atoms with Crippen LogP contribution in [0.15, 0.2) is 51.9 Å². The monoisotopic (exact) mass is 347 g/mol. The van der Waals surface area contributed by atoms with Gasteiger partial charge in [0.05, 0.1) is 12.6 Å². The fourth-order valence-corrected chi connectivity index (χ4v) is 2.81. The lowest BCUT2D eigenvalue weighted by Gasteiger charge is -2.27. The van der Waals surface area contributed by atoms with E-state index in [0.717, 1.165) is 15.7 Å². The fraction of sp³-hybridized carbons (Fsp3) is 0.188. The Hall–Kier alpha value is -1.88. The number of rotatable bonds is 2. The van der Waals surface area contributed by atoms with Crippen LogP contribution in [0, 0.1) is 12.7 Å². The van der Waals surface area contributed by atoms with Crippen molar-refractivity contribution in [2.45, 2.75) is 13.0 Å². The van der Waals surface area contributed by atoms with Crippen molar-refractivity contribution in [3.05, 3.63) is 63.9 Å². The van der Waals surface area contributed by atoms with Gasteiger partial charge in [-0.05, 0) is 48.4 Å². The van der Waals surface area contributed by atoms with Gasteiger partial charge in [0.2, 0.25) is 0 Å². The number of benzene rings is 2. The second-order valence-corrected chi connectivity index (χ2v) is 5.99. The van der Waals surface area contributed by atoms with Crippen molar-refractivity contribution in [2.24, 2.45) is 10.7 Å². The minimum absolute atomic E-state index is 0.00507. The van der Waals surface area contributed by atoms with Gasteiger partial charge in [-0.15, -0.1) is 0 Å². The minimum atomic E-state index is -0.194. The summed E-state index contributed by atoms with van der Waals surface area (Å²) in [6.45, 7) is 2.34. The average molecular weight is 348 g/mol. The summed E-state index contributed by atoms with van der Waals surface area (Å²) in [5.41, 5.74) is 8.66. The van der Waals surface area contributed by atoms with E-state index in [9.17, 15) is 4.39 Å². The van der Waals surface area contributed by atoms with E-state index in [4.69, 9.17) is 5.73 Å². The van der Waals surface area contributed by atoms with Crippen LogP contribution < -0.4 is 10.6 Å². The predicted octanol–water partition coefficient (Wildman–Crippen LogP) is 3.77. The van der Waals surface area contributed by atoms with Crippen molar-refractivity contribution in [3.8, 4) is 0 Å². The highest BCUT2D eigenvalue weighted by Gasteiger charge is 2.29. The highest BCUT2D eigenvalue weighted by molar-refractivity contribution is 9.10. The standard InChI is InChI=1S/C16H15BrFN3/c1-10-8-11(2-7-14(10)18)15-9-20-16(19)21(15)13-5-3-12(17)4-6-13/h2-8,15H,9H2,1H3,(H2,19,20). The van der Waals surface area contributed by atoms with Gasteiger partial charge in [-0.3, -0.25) is 4.99 Å². The predicted molar refractivity (Wildman–Crippen MR) is 87.0 cm³/mol. The summed E-state index contributed by atoms with van der Waals surface area (Å²) in [5, 5.41) is 0. The molecule has 0 bridgehead atoms. The van der Waals surface area contributed by atoms with Crippen LogP contribution in [0.25, 0.3) is 0 Å². The van der Waals surface area contributed by atoms with Crippen LogP contribution in [0.3, 0.4) is 0 Å². The number of nitrogens with two attached hydrogens (primary N) is 1. The molecule has 0 saturated carbocycles. The molecule has 0 saturated heterocycles. The summed E-state index contributed by atoms with van der Waals surface area (Å²) < 4.78 is 14.5. The number of halogens is 2. The Labute approximate surface area is 131 Å². The molecule has 0 radical (unpaired) electrons. The Kier molecular flexibility index (Phi) is 3.68. The minimum Gasteiger partial charge on any atom is -0.369 e. The number of aliphatic imine (C=N–C) groups is 1. The van der Waals surface area contributed by atoms with Gasteiger partial charge in [0.25, 0.3) is 0 Å². The Morgan fingerprint density at radius 1 is 1.24 bits per heavy atom. The largest absolute Gasteiger partial charge is 0.369 e. The number of hydrogen-bond acceptors (Lipinski definition) is 3. The van der Waals surface area contributed by atoms with Crippen molar-refractivity contribution >= 4 is 27.6 Å². The van der Waals surface area contributed by atoms with Gasteiger partial charge in [0, 0.05) is 10.2 Å². The molecule has 0 spiro atoms. The maximum atomic E-state index is 13.5. The molecule has 1 heterocycles. The van der Waals surface area contributed by atoms with E-state index in [1.54, 1.807) is 13.0 Å². The molecular weight excluding hydrogens is 333 g/mol. The molecule has 0 fully saturated rings. The van der Waals surface area contributed by atoms with E-state index in [0.29, 0.717) is 18.1 Å². The first-order valence-electron chi connectivity index (χ1n) is 6.67. The van der Waals surface area contributed by atoms with Crippen molar-refractivity contribution < 1.29 is 4.39 Å². The van der Waals surface area contributed by atoms with E-state index in [-0.39, 0.29) is 11.9 Å². The molecule has 0 amide bonds. The van der Waals surface area contributed by atoms with E-state index in [2.05, 4.69) is 20.9 Å². The molecule has 1 aliphatic rings. The molecule has 2 aromatic rings. The summed E-state index contributed by atoms with van der Waals surface area (Å²) >= 11 is 3.43. The van der Waals surface area contributed by atoms with E-state index >= 15 is 0 Å². The second-order valence-electron chi connectivity index (χ2n) is 5.07. The molecule has 0 aromatic heterocycles. The first kappa shape index (κ1) is 14.1. The molecule has 108 valence electrons. The highest BCUT2D eigenvalue weighted by atomic mass is 79.9. The molecule has 1 unspecified atom stereocenters. The van der Waals surface area contributed by atoms with Crippen LogP contribution in [0.4, 0.5) is 10.1 Å². The van der Waals surface area contributed by atoms with Crippen LogP contribution in [0.5, 0.6) is 0 Å². The lowest BCUT2D eigenvalue weighted by Crippen LogP contribution is -2.36. The molecule has 2 aromatic carbocycles. The fourth-order valence-electron chi connectivity index (χ4n) is 2.54. The lowest BCUT2D eigenvalue weighted by molar-refractivity contribution is 0.616. The molecule has 3 nitrogen and oxygen atoms in total.